The number of nitrogens with two attached hydrogens (primary N) is 1. The van der Waals surface area contributed by atoms with Gasteiger partial charge in [0.1, 0.15) is 12.3 Å². The zero-order valence-corrected chi connectivity index (χ0v) is 18.9. The van der Waals surface area contributed by atoms with Crippen LogP contribution in [0.25, 0.3) is 22.4 Å². The molecule has 0 aliphatic heterocycles. The van der Waals surface area contributed by atoms with E-state index in [1.54, 1.807) is 0 Å². The van der Waals surface area contributed by atoms with E-state index in [0.29, 0.717) is 61.2 Å². The second-order valence-electron chi connectivity index (χ2n) is 8.28. The third-order valence-electron chi connectivity index (χ3n) is 5.78. The fraction of sp³-hybridized carbons (Fsp3) is 0.500. The number of nitrogens with zero attached hydrogens (tertiary/aromatic N) is 2. The minimum absolute atomic E-state index is 0.0164. The van der Waals surface area contributed by atoms with Crippen LogP contribution in [0.5, 0.6) is 6.01 Å². The Morgan fingerprint density at radius 1 is 1.06 bits per heavy atom. The standard InChI is InChI=1S/C24H30ClFN4O2/c25-20-15-21-23(30-24(28-21)32-19-10-8-18(26)9-11-19)29-22(20)17-6-4-16(5-7-17)3-1-2-13-31-14-12-27/h4-7,15,18-19H,1-3,8-14,27H2,(H,28,29,30). The summed E-state index contributed by atoms with van der Waals surface area (Å²) >= 11 is 6.52. The summed E-state index contributed by atoms with van der Waals surface area (Å²) in [5.41, 5.74) is 9.60. The van der Waals surface area contributed by atoms with Crippen molar-refractivity contribution in [3.63, 3.8) is 0 Å². The molecule has 0 unspecified atom stereocenters. The van der Waals surface area contributed by atoms with Crippen LogP contribution in [0.4, 0.5) is 4.39 Å². The maximum atomic E-state index is 13.3. The summed E-state index contributed by atoms with van der Waals surface area (Å²) in [6.45, 7) is 1.94. The lowest BCUT2D eigenvalue weighted by molar-refractivity contribution is 0.106. The van der Waals surface area contributed by atoms with Crippen LogP contribution in [0.1, 0.15) is 44.1 Å². The molecule has 1 saturated carbocycles. The third-order valence-corrected chi connectivity index (χ3v) is 6.07. The van der Waals surface area contributed by atoms with Gasteiger partial charge in [-0.1, -0.05) is 35.9 Å². The molecule has 2 aromatic heterocycles. The predicted molar refractivity (Wildman–Crippen MR) is 125 cm³/mol. The van der Waals surface area contributed by atoms with Crippen molar-refractivity contribution in [2.45, 2.75) is 57.2 Å². The van der Waals surface area contributed by atoms with E-state index in [4.69, 9.17) is 26.8 Å². The van der Waals surface area contributed by atoms with Crippen LogP contribution in [0.3, 0.4) is 0 Å². The first kappa shape index (κ1) is 23.0. The third kappa shape index (κ3) is 5.97. The number of rotatable bonds is 10. The fourth-order valence-electron chi connectivity index (χ4n) is 4.00. The smallest absolute Gasteiger partial charge is 0.296 e. The number of ether oxygens (including phenoxy) is 2. The lowest BCUT2D eigenvalue weighted by Crippen LogP contribution is -2.25. The molecular formula is C24H30ClFN4O2. The highest BCUT2D eigenvalue weighted by atomic mass is 35.5. The van der Waals surface area contributed by atoms with Crippen molar-refractivity contribution in [3.8, 4) is 17.3 Å². The summed E-state index contributed by atoms with van der Waals surface area (Å²) in [6.07, 6.45) is 4.83. The van der Waals surface area contributed by atoms with E-state index in [1.807, 2.05) is 18.2 Å². The molecule has 172 valence electrons. The van der Waals surface area contributed by atoms with Crippen molar-refractivity contribution < 1.29 is 13.9 Å². The molecular weight excluding hydrogens is 431 g/mol. The molecule has 3 N–H and O–H groups in total. The molecule has 4 rings (SSSR count). The van der Waals surface area contributed by atoms with Gasteiger partial charge in [-0.05, 0) is 56.6 Å². The highest BCUT2D eigenvalue weighted by Gasteiger charge is 2.23. The van der Waals surface area contributed by atoms with Gasteiger partial charge in [0.15, 0.2) is 5.65 Å². The molecule has 0 radical (unpaired) electrons. The molecule has 32 heavy (non-hydrogen) atoms. The van der Waals surface area contributed by atoms with Crippen LogP contribution in [-0.4, -0.2) is 47.0 Å². The Labute approximate surface area is 192 Å². The lowest BCUT2D eigenvalue weighted by Gasteiger charge is -2.23. The minimum atomic E-state index is -0.713. The fourth-order valence-corrected chi connectivity index (χ4v) is 4.26. The summed E-state index contributed by atoms with van der Waals surface area (Å²) in [7, 11) is 0. The van der Waals surface area contributed by atoms with Crippen molar-refractivity contribution in [1.29, 1.82) is 0 Å². The molecule has 1 aliphatic carbocycles. The molecule has 1 fully saturated rings. The molecule has 6 nitrogen and oxygen atoms in total. The number of unbranched alkanes of at least 4 members (excludes halogenated alkanes) is 1. The normalized spacial score (nSPS) is 18.8. The van der Waals surface area contributed by atoms with Crippen LogP contribution >= 0.6 is 11.6 Å². The van der Waals surface area contributed by atoms with Gasteiger partial charge in [-0.2, -0.15) is 4.98 Å². The zero-order valence-electron chi connectivity index (χ0n) is 18.2. The molecule has 0 spiro atoms. The SMILES string of the molecule is NCCOCCCCc1ccc(-c2nc3nc(OC4CCC(F)CC4)[nH]c3cc2Cl)cc1. The Kier molecular flexibility index (Phi) is 7.95. The summed E-state index contributed by atoms with van der Waals surface area (Å²) in [5, 5.41) is 0.551. The number of H-pyrrole nitrogens is 1. The molecule has 0 bridgehead atoms. The van der Waals surface area contributed by atoms with Crippen LogP contribution in [0.2, 0.25) is 5.02 Å². The van der Waals surface area contributed by atoms with E-state index < -0.39 is 6.17 Å². The number of halogens is 2. The van der Waals surface area contributed by atoms with E-state index in [1.165, 1.54) is 5.56 Å². The van der Waals surface area contributed by atoms with Crippen LogP contribution < -0.4 is 10.5 Å². The zero-order chi connectivity index (χ0) is 22.3. The quantitative estimate of drug-likeness (QED) is 0.404. The van der Waals surface area contributed by atoms with Gasteiger partial charge in [0.2, 0.25) is 0 Å². The molecule has 8 heteroatoms. The largest absolute Gasteiger partial charge is 0.461 e. The van der Waals surface area contributed by atoms with Crippen molar-refractivity contribution >= 4 is 22.8 Å². The average Bonchev–Trinajstić information content (AvgIpc) is 3.18. The number of alkyl halides is 1. The molecule has 0 amide bonds. The number of nitrogens with one attached hydrogen (secondary N) is 1. The first-order valence-electron chi connectivity index (χ1n) is 11.4. The van der Waals surface area contributed by atoms with Gasteiger partial charge in [0.25, 0.3) is 6.01 Å². The van der Waals surface area contributed by atoms with Gasteiger partial charge in [-0.15, -0.1) is 0 Å². The molecule has 1 aromatic carbocycles. The predicted octanol–water partition coefficient (Wildman–Crippen LogP) is 5.24. The van der Waals surface area contributed by atoms with Crippen molar-refractivity contribution in [2.75, 3.05) is 19.8 Å². The summed E-state index contributed by atoms with van der Waals surface area (Å²) in [5.74, 6) is 0. The Morgan fingerprint density at radius 3 is 2.59 bits per heavy atom. The van der Waals surface area contributed by atoms with Gasteiger partial charge < -0.3 is 20.2 Å². The Bertz CT molecular complexity index is 1000. The number of pyridine rings is 1. The highest BCUT2D eigenvalue weighted by Crippen LogP contribution is 2.31. The monoisotopic (exact) mass is 460 g/mol. The maximum Gasteiger partial charge on any atom is 0.296 e. The Hall–Kier alpha value is -2.22. The average molecular weight is 461 g/mol. The lowest BCUT2D eigenvalue weighted by atomic mass is 9.96. The molecule has 1 aliphatic rings. The van der Waals surface area contributed by atoms with Crippen molar-refractivity contribution in [2.24, 2.45) is 5.73 Å². The minimum Gasteiger partial charge on any atom is -0.461 e. The van der Waals surface area contributed by atoms with Gasteiger partial charge in [0.05, 0.1) is 22.8 Å². The van der Waals surface area contributed by atoms with E-state index in [-0.39, 0.29) is 6.10 Å². The second kappa shape index (κ2) is 11.1. The second-order valence-corrected chi connectivity index (χ2v) is 8.69. The number of hydrogen-bond donors (Lipinski definition) is 2. The summed E-state index contributed by atoms with van der Waals surface area (Å²) < 4.78 is 24.7. The number of aryl methyl sites for hydroxylation is 1. The molecule has 0 saturated heterocycles. The van der Waals surface area contributed by atoms with E-state index in [2.05, 4.69) is 27.1 Å². The number of aromatic nitrogens is 3. The van der Waals surface area contributed by atoms with Gasteiger partial charge in [-0.25, -0.2) is 9.37 Å². The maximum absolute atomic E-state index is 13.3. The molecule has 2 heterocycles. The number of imidazole rings is 1. The van der Waals surface area contributed by atoms with Crippen molar-refractivity contribution in [1.82, 2.24) is 15.0 Å². The van der Waals surface area contributed by atoms with Gasteiger partial charge in [-0.3, -0.25) is 0 Å². The molecule has 3 aromatic rings. The Balaban J connectivity index is 1.39. The topological polar surface area (TPSA) is 86.1 Å². The Morgan fingerprint density at radius 2 is 1.84 bits per heavy atom. The number of benzene rings is 1. The van der Waals surface area contributed by atoms with E-state index >= 15 is 0 Å². The number of fused-ring (bicyclic) bond motifs is 1. The van der Waals surface area contributed by atoms with Crippen LogP contribution in [0, 0.1) is 0 Å². The van der Waals surface area contributed by atoms with Gasteiger partial charge in [0, 0.05) is 18.7 Å². The van der Waals surface area contributed by atoms with Gasteiger partial charge >= 0.3 is 0 Å². The van der Waals surface area contributed by atoms with E-state index in [9.17, 15) is 4.39 Å². The van der Waals surface area contributed by atoms with Crippen molar-refractivity contribution in [3.05, 3.63) is 40.9 Å². The number of aromatic amines is 1. The van der Waals surface area contributed by atoms with E-state index in [0.717, 1.165) is 36.9 Å². The first-order valence-corrected chi connectivity index (χ1v) is 11.7. The van der Waals surface area contributed by atoms with Crippen LogP contribution in [-0.2, 0) is 11.2 Å². The molecule has 0 atom stereocenters. The highest BCUT2D eigenvalue weighted by molar-refractivity contribution is 6.33. The summed E-state index contributed by atoms with van der Waals surface area (Å²) in [6, 6.07) is 10.5. The number of hydrogen-bond acceptors (Lipinski definition) is 5. The first-order chi connectivity index (χ1) is 15.6. The van der Waals surface area contributed by atoms with Crippen LogP contribution in [0.15, 0.2) is 30.3 Å². The summed E-state index contributed by atoms with van der Waals surface area (Å²) in [4.78, 5) is 12.3.